The number of hydrogen-bond donors (Lipinski definition) is 0. The molecule has 0 aromatic carbocycles. The molecule has 1 heterocycles. The molecule has 2 fully saturated rings. The Labute approximate surface area is 98.9 Å². The van der Waals surface area contributed by atoms with Crippen LogP contribution in [0.4, 0.5) is 0 Å². The van der Waals surface area contributed by atoms with Crippen LogP contribution in [-0.2, 0) is 0 Å². The van der Waals surface area contributed by atoms with E-state index in [4.69, 9.17) is 0 Å². The molecular formula is C15H23N. The van der Waals surface area contributed by atoms with Gasteiger partial charge >= 0.3 is 0 Å². The molecule has 1 heteroatoms. The second-order valence-corrected chi connectivity index (χ2v) is 6.07. The van der Waals surface area contributed by atoms with Gasteiger partial charge in [-0.2, -0.15) is 0 Å². The standard InChI is InChI=1S/C15H23N/c1-10-4-5-11(2)16(10)12(3)15-9-13-6-7-14(15)8-13/h4-5,12-15H,6-9H2,1-3H3/t12-,13+,14+,15-/m1/s1. The minimum atomic E-state index is 0.713. The molecule has 2 aliphatic carbocycles. The molecule has 1 aromatic rings. The van der Waals surface area contributed by atoms with E-state index in [2.05, 4.69) is 37.5 Å². The first-order valence-electron chi connectivity index (χ1n) is 6.81. The fraction of sp³-hybridized carbons (Fsp3) is 0.733. The summed E-state index contributed by atoms with van der Waals surface area (Å²) in [5, 5.41) is 0. The van der Waals surface area contributed by atoms with Gasteiger partial charge in [0.1, 0.15) is 0 Å². The van der Waals surface area contributed by atoms with Crippen LogP contribution in [0.1, 0.15) is 50.0 Å². The molecule has 2 aliphatic rings. The Kier molecular flexibility index (Phi) is 2.38. The monoisotopic (exact) mass is 217 g/mol. The van der Waals surface area contributed by atoms with Crippen molar-refractivity contribution in [3.63, 3.8) is 0 Å². The minimum absolute atomic E-state index is 0.713. The first kappa shape index (κ1) is 10.4. The number of aryl methyl sites for hydroxylation is 2. The SMILES string of the molecule is Cc1ccc(C)n1[C@H](C)[C@H]1C[C@H]2CC[C@H]1C2. The predicted octanol–water partition coefficient (Wildman–Crippen LogP) is 4.10. The van der Waals surface area contributed by atoms with Gasteiger partial charge in [0.25, 0.3) is 0 Å². The number of nitrogens with zero attached hydrogens (tertiary/aromatic N) is 1. The third-order valence-electron chi connectivity index (χ3n) is 5.15. The van der Waals surface area contributed by atoms with Crippen LogP contribution in [0.25, 0.3) is 0 Å². The topological polar surface area (TPSA) is 4.93 Å². The van der Waals surface area contributed by atoms with E-state index < -0.39 is 0 Å². The zero-order valence-electron chi connectivity index (χ0n) is 10.7. The van der Waals surface area contributed by atoms with Gasteiger partial charge in [0.2, 0.25) is 0 Å². The summed E-state index contributed by atoms with van der Waals surface area (Å²) in [6.07, 6.45) is 6.02. The highest BCUT2D eigenvalue weighted by atomic mass is 15.0. The Hall–Kier alpha value is -0.720. The van der Waals surface area contributed by atoms with Crippen molar-refractivity contribution in [2.45, 2.75) is 52.5 Å². The predicted molar refractivity (Wildman–Crippen MR) is 67.6 cm³/mol. The number of aromatic nitrogens is 1. The van der Waals surface area contributed by atoms with Gasteiger partial charge in [-0.05, 0) is 69.9 Å². The summed E-state index contributed by atoms with van der Waals surface area (Å²) in [5.74, 6) is 3.04. The first-order valence-corrected chi connectivity index (χ1v) is 6.81. The van der Waals surface area contributed by atoms with Crippen molar-refractivity contribution in [2.24, 2.45) is 17.8 Å². The lowest BCUT2D eigenvalue weighted by atomic mass is 9.83. The third kappa shape index (κ3) is 1.44. The molecule has 16 heavy (non-hydrogen) atoms. The Morgan fingerprint density at radius 3 is 2.31 bits per heavy atom. The summed E-state index contributed by atoms with van der Waals surface area (Å²) in [6.45, 7) is 6.93. The van der Waals surface area contributed by atoms with Crippen LogP contribution in [0.2, 0.25) is 0 Å². The second kappa shape index (κ2) is 3.65. The molecule has 1 nitrogen and oxygen atoms in total. The Bertz CT molecular complexity index is 371. The molecule has 0 saturated heterocycles. The second-order valence-electron chi connectivity index (χ2n) is 6.07. The van der Waals surface area contributed by atoms with E-state index in [0.717, 1.165) is 17.8 Å². The quantitative estimate of drug-likeness (QED) is 0.703. The van der Waals surface area contributed by atoms with Gasteiger partial charge in [-0.15, -0.1) is 0 Å². The van der Waals surface area contributed by atoms with Crippen molar-refractivity contribution in [1.82, 2.24) is 4.57 Å². The van der Waals surface area contributed by atoms with Crippen molar-refractivity contribution in [2.75, 3.05) is 0 Å². The van der Waals surface area contributed by atoms with Gasteiger partial charge in [0, 0.05) is 17.4 Å². The van der Waals surface area contributed by atoms with Crippen LogP contribution in [-0.4, -0.2) is 4.57 Å². The van der Waals surface area contributed by atoms with Crippen LogP contribution in [0.3, 0.4) is 0 Å². The summed E-state index contributed by atoms with van der Waals surface area (Å²) in [5.41, 5.74) is 2.88. The molecule has 3 rings (SSSR count). The largest absolute Gasteiger partial charge is 0.346 e. The van der Waals surface area contributed by atoms with E-state index in [1.54, 1.807) is 0 Å². The van der Waals surface area contributed by atoms with E-state index >= 15 is 0 Å². The summed E-state index contributed by atoms with van der Waals surface area (Å²) in [6, 6.07) is 5.24. The lowest BCUT2D eigenvalue weighted by molar-refractivity contribution is 0.239. The number of hydrogen-bond acceptors (Lipinski definition) is 0. The van der Waals surface area contributed by atoms with Crippen LogP contribution >= 0.6 is 0 Å². The lowest BCUT2D eigenvalue weighted by Crippen LogP contribution is -2.23. The molecule has 2 bridgehead atoms. The maximum absolute atomic E-state index is 2.56. The molecular weight excluding hydrogens is 194 g/mol. The van der Waals surface area contributed by atoms with E-state index in [1.807, 2.05) is 0 Å². The van der Waals surface area contributed by atoms with Gasteiger partial charge in [0.15, 0.2) is 0 Å². The molecule has 2 saturated carbocycles. The van der Waals surface area contributed by atoms with Crippen LogP contribution < -0.4 is 0 Å². The minimum Gasteiger partial charge on any atom is -0.346 e. The number of fused-ring (bicyclic) bond motifs is 2. The van der Waals surface area contributed by atoms with Crippen LogP contribution in [0.5, 0.6) is 0 Å². The van der Waals surface area contributed by atoms with Crippen molar-refractivity contribution >= 4 is 0 Å². The number of rotatable bonds is 2. The summed E-state index contributed by atoms with van der Waals surface area (Å²) in [4.78, 5) is 0. The van der Waals surface area contributed by atoms with Crippen LogP contribution in [0.15, 0.2) is 12.1 Å². The van der Waals surface area contributed by atoms with Gasteiger partial charge < -0.3 is 4.57 Å². The molecule has 4 atom stereocenters. The fourth-order valence-electron chi connectivity index (χ4n) is 4.40. The molecule has 1 aromatic heterocycles. The molecule has 0 unspecified atom stereocenters. The summed E-state index contributed by atoms with van der Waals surface area (Å²) < 4.78 is 2.56. The summed E-state index contributed by atoms with van der Waals surface area (Å²) in [7, 11) is 0. The van der Waals surface area contributed by atoms with Gasteiger partial charge in [-0.1, -0.05) is 6.42 Å². The molecule has 0 spiro atoms. The van der Waals surface area contributed by atoms with E-state index in [0.29, 0.717) is 6.04 Å². The molecule has 0 radical (unpaired) electrons. The molecule has 0 aliphatic heterocycles. The van der Waals surface area contributed by atoms with Crippen LogP contribution in [0, 0.1) is 31.6 Å². The van der Waals surface area contributed by atoms with Gasteiger partial charge in [-0.25, -0.2) is 0 Å². The maximum atomic E-state index is 2.56. The highest BCUT2D eigenvalue weighted by Gasteiger charge is 2.42. The van der Waals surface area contributed by atoms with Crippen molar-refractivity contribution in [3.05, 3.63) is 23.5 Å². The van der Waals surface area contributed by atoms with Gasteiger partial charge in [-0.3, -0.25) is 0 Å². The zero-order chi connectivity index (χ0) is 11.3. The van der Waals surface area contributed by atoms with E-state index in [-0.39, 0.29) is 0 Å². The van der Waals surface area contributed by atoms with Gasteiger partial charge in [0.05, 0.1) is 0 Å². The first-order chi connectivity index (χ1) is 7.66. The zero-order valence-corrected chi connectivity index (χ0v) is 10.7. The van der Waals surface area contributed by atoms with E-state index in [9.17, 15) is 0 Å². The lowest BCUT2D eigenvalue weighted by Gasteiger charge is -2.31. The fourth-order valence-corrected chi connectivity index (χ4v) is 4.40. The Morgan fingerprint density at radius 2 is 1.81 bits per heavy atom. The van der Waals surface area contributed by atoms with Crippen molar-refractivity contribution < 1.29 is 0 Å². The smallest absolute Gasteiger partial charge is 0.0338 e. The third-order valence-corrected chi connectivity index (χ3v) is 5.15. The normalized spacial score (nSPS) is 34.6. The maximum Gasteiger partial charge on any atom is 0.0338 e. The highest BCUT2D eigenvalue weighted by Crippen LogP contribution is 2.52. The average Bonchev–Trinajstić information content (AvgIpc) is 2.93. The Balaban J connectivity index is 1.85. The molecule has 88 valence electrons. The van der Waals surface area contributed by atoms with Crippen molar-refractivity contribution in [1.29, 1.82) is 0 Å². The summed E-state index contributed by atoms with van der Waals surface area (Å²) >= 11 is 0. The van der Waals surface area contributed by atoms with E-state index in [1.165, 1.54) is 37.1 Å². The molecule has 0 N–H and O–H groups in total. The average molecular weight is 217 g/mol. The Morgan fingerprint density at radius 1 is 1.12 bits per heavy atom. The molecule has 0 amide bonds. The van der Waals surface area contributed by atoms with Crippen molar-refractivity contribution in [3.8, 4) is 0 Å². The highest BCUT2D eigenvalue weighted by molar-refractivity contribution is 5.15.